The molecular formula is C20H23ClN2O5S. The van der Waals surface area contributed by atoms with Crippen molar-refractivity contribution >= 4 is 33.2 Å². The number of rotatable bonds is 7. The summed E-state index contributed by atoms with van der Waals surface area (Å²) in [6, 6.07) is 11.1. The average Bonchev–Trinajstić information content (AvgIpc) is 3.23. The summed E-state index contributed by atoms with van der Waals surface area (Å²) in [5, 5.41) is 3.19. The number of halogens is 1. The minimum absolute atomic E-state index is 0.110. The molecule has 29 heavy (non-hydrogen) atoms. The third-order valence-corrected chi connectivity index (χ3v) is 6.74. The summed E-state index contributed by atoms with van der Waals surface area (Å²) in [6.45, 7) is 2.59. The lowest BCUT2D eigenvalue weighted by Gasteiger charge is -2.19. The van der Waals surface area contributed by atoms with Gasteiger partial charge in [-0.05, 0) is 56.2 Å². The minimum Gasteiger partial charge on any atom is -0.495 e. The summed E-state index contributed by atoms with van der Waals surface area (Å²) >= 11 is 5.93. The lowest BCUT2D eigenvalue weighted by atomic mass is 10.2. The molecule has 1 aliphatic rings. The van der Waals surface area contributed by atoms with E-state index in [9.17, 15) is 13.2 Å². The van der Waals surface area contributed by atoms with E-state index in [-0.39, 0.29) is 10.6 Å². The van der Waals surface area contributed by atoms with Crippen LogP contribution in [0.5, 0.6) is 11.5 Å². The van der Waals surface area contributed by atoms with Crippen molar-refractivity contribution in [2.24, 2.45) is 0 Å². The predicted octanol–water partition coefficient (Wildman–Crippen LogP) is 3.54. The Morgan fingerprint density at radius 2 is 1.90 bits per heavy atom. The van der Waals surface area contributed by atoms with E-state index >= 15 is 0 Å². The number of hydrogen-bond acceptors (Lipinski definition) is 5. The van der Waals surface area contributed by atoms with Crippen LogP contribution in [0.4, 0.5) is 5.69 Å². The van der Waals surface area contributed by atoms with Crippen LogP contribution in [0.1, 0.15) is 19.8 Å². The smallest absolute Gasteiger partial charge is 0.265 e. The van der Waals surface area contributed by atoms with Crippen LogP contribution in [0, 0.1) is 0 Å². The molecule has 7 nitrogen and oxygen atoms in total. The molecule has 156 valence electrons. The van der Waals surface area contributed by atoms with Crippen LogP contribution in [-0.2, 0) is 14.8 Å². The first kappa shape index (κ1) is 21.4. The third-order valence-electron chi connectivity index (χ3n) is 4.61. The summed E-state index contributed by atoms with van der Waals surface area (Å²) in [6.07, 6.45) is 0.853. The second kappa shape index (κ2) is 9.02. The first-order valence-electron chi connectivity index (χ1n) is 9.22. The summed E-state index contributed by atoms with van der Waals surface area (Å²) in [4.78, 5) is 12.7. The quantitative estimate of drug-likeness (QED) is 0.714. The average molecular weight is 439 g/mol. The number of benzene rings is 2. The number of nitrogens with zero attached hydrogens (tertiary/aromatic N) is 1. The van der Waals surface area contributed by atoms with Gasteiger partial charge in [0.25, 0.3) is 5.91 Å². The molecule has 1 aliphatic heterocycles. The number of sulfonamides is 1. The number of methoxy groups -OCH3 is 1. The molecule has 2 aromatic carbocycles. The van der Waals surface area contributed by atoms with Gasteiger partial charge in [0.2, 0.25) is 10.0 Å². The van der Waals surface area contributed by atoms with E-state index in [1.807, 2.05) is 0 Å². The van der Waals surface area contributed by atoms with Crippen LogP contribution >= 0.6 is 11.6 Å². The number of ether oxygens (including phenoxy) is 2. The van der Waals surface area contributed by atoms with Crippen molar-refractivity contribution in [3.8, 4) is 11.5 Å². The van der Waals surface area contributed by atoms with Crippen LogP contribution in [0.3, 0.4) is 0 Å². The molecule has 0 radical (unpaired) electrons. The van der Waals surface area contributed by atoms with Crippen LogP contribution in [0.2, 0.25) is 5.02 Å². The largest absolute Gasteiger partial charge is 0.495 e. The van der Waals surface area contributed by atoms with Crippen LogP contribution in [0.25, 0.3) is 0 Å². The van der Waals surface area contributed by atoms with Gasteiger partial charge in [-0.2, -0.15) is 4.31 Å². The summed E-state index contributed by atoms with van der Waals surface area (Å²) < 4.78 is 38.0. The zero-order valence-corrected chi connectivity index (χ0v) is 17.8. The van der Waals surface area contributed by atoms with Gasteiger partial charge in [-0.3, -0.25) is 4.79 Å². The first-order valence-corrected chi connectivity index (χ1v) is 11.0. The van der Waals surface area contributed by atoms with Crippen molar-refractivity contribution in [2.75, 3.05) is 25.5 Å². The molecule has 9 heteroatoms. The number of anilines is 1. The maximum atomic E-state index is 12.8. The van der Waals surface area contributed by atoms with Gasteiger partial charge in [0.15, 0.2) is 6.10 Å². The Morgan fingerprint density at radius 1 is 1.17 bits per heavy atom. The number of nitrogens with one attached hydrogen (secondary N) is 1. The third kappa shape index (κ3) is 5.01. The Kier molecular flexibility index (Phi) is 6.66. The van der Waals surface area contributed by atoms with Gasteiger partial charge in [0.05, 0.1) is 17.7 Å². The van der Waals surface area contributed by atoms with Gasteiger partial charge in [0, 0.05) is 18.1 Å². The first-order chi connectivity index (χ1) is 13.8. The van der Waals surface area contributed by atoms with Gasteiger partial charge >= 0.3 is 0 Å². The molecule has 1 atom stereocenters. The highest BCUT2D eigenvalue weighted by Crippen LogP contribution is 2.30. The van der Waals surface area contributed by atoms with E-state index in [1.165, 1.54) is 29.6 Å². The Labute approximate surface area is 175 Å². The Balaban J connectivity index is 1.79. The Bertz CT molecular complexity index is 990. The molecule has 0 saturated carbocycles. The topological polar surface area (TPSA) is 84.9 Å². The highest BCUT2D eigenvalue weighted by Gasteiger charge is 2.28. The number of carbonyl (C=O) groups is 1. The SMILES string of the molecule is COc1ccc(S(=O)(=O)N2CCCC2)cc1NC(=O)[C@@H](C)Oc1cccc(Cl)c1. The normalized spacial score (nSPS) is 15.7. The number of carbonyl (C=O) groups excluding carboxylic acids is 1. The fourth-order valence-corrected chi connectivity index (χ4v) is 4.78. The number of amides is 1. The molecule has 1 N–H and O–H groups in total. The Hall–Kier alpha value is -2.29. The van der Waals surface area contributed by atoms with Crippen molar-refractivity contribution in [1.29, 1.82) is 0 Å². The maximum Gasteiger partial charge on any atom is 0.265 e. The summed E-state index contributed by atoms with van der Waals surface area (Å²) in [5.74, 6) is 0.366. The predicted molar refractivity (Wildman–Crippen MR) is 111 cm³/mol. The maximum absolute atomic E-state index is 12.8. The molecule has 1 amide bonds. The van der Waals surface area contributed by atoms with Crippen molar-refractivity contribution in [2.45, 2.75) is 30.8 Å². The molecule has 0 spiro atoms. The summed E-state index contributed by atoms with van der Waals surface area (Å²) in [5.41, 5.74) is 0.263. The van der Waals surface area contributed by atoms with E-state index in [4.69, 9.17) is 21.1 Å². The fraction of sp³-hybridized carbons (Fsp3) is 0.350. The van der Waals surface area contributed by atoms with Crippen LogP contribution < -0.4 is 14.8 Å². The molecule has 0 aromatic heterocycles. The van der Waals surface area contributed by atoms with E-state index in [0.29, 0.717) is 29.6 Å². The molecule has 3 rings (SSSR count). The van der Waals surface area contributed by atoms with E-state index in [1.54, 1.807) is 31.2 Å². The van der Waals surface area contributed by atoms with E-state index in [2.05, 4.69) is 5.32 Å². The molecule has 0 unspecified atom stereocenters. The van der Waals surface area contributed by atoms with Crippen molar-refractivity contribution < 1.29 is 22.7 Å². The molecule has 1 heterocycles. The van der Waals surface area contributed by atoms with Gasteiger partial charge in [-0.25, -0.2) is 8.42 Å². The summed E-state index contributed by atoms with van der Waals surface area (Å²) in [7, 11) is -2.17. The number of hydrogen-bond donors (Lipinski definition) is 1. The zero-order valence-electron chi connectivity index (χ0n) is 16.2. The lowest BCUT2D eigenvalue weighted by Crippen LogP contribution is -2.31. The van der Waals surface area contributed by atoms with Gasteiger partial charge in [0.1, 0.15) is 11.5 Å². The Morgan fingerprint density at radius 3 is 2.55 bits per heavy atom. The van der Waals surface area contributed by atoms with Gasteiger partial charge < -0.3 is 14.8 Å². The molecule has 2 aromatic rings. The molecular weight excluding hydrogens is 416 g/mol. The zero-order chi connectivity index (χ0) is 21.0. The highest BCUT2D eigenvalue weighted by molar-refractivity contribution is 7.89. The standard InChI is InChI=1S/C20H23ClN2O5S/c1-14(28-16-7-5-6-15(21)12-16)20(24)22-18-13-17(8-9-19(18)27-2)29(25,26)23-10-3-4-11-23/h5-9,12-14H,3-4,10-11H2,1-2H3,(H,22,24)/t14-/m1/s1. The van der Waals surface area contributed by atoms with Crippen molar-refractivity contribution in [3.63, 3.8) is 0 Å². The van der Waals surface area contributed by atoms with E-state index in [0.717, 1.165) is 12.8 Å². The van der Waals surface area contributed by atoms with E-state index < -0.39 is 22.0 Å². The minimum atomic E-state index is -3.61. The molecule has 0 bridgehead atoms. The van der Waals surface area contributed by atoms with Gasteiger partial charge in [-0.1, -0.05) is 17.7 Å². The second-order valence-corrected chi connectivity index (χ2v) is 9.05. The van der Waals surface area contributed by atoms with Crippen LogP contribution in [-0.4, -0.2) is 44.9 Å². The lowest BCUT2D eigenvalue weighted by molar-refractivity contribution is -0.122. The molecule has 1 saturated heterocycles. The fourth-order valence-electron chi connectivity index (χ4n) is 3.06. The van der Waals surface area contributed by atoms with Crippen molar-refractivity contribution in [1.82, 2.24) is 4.31 Å². The molecule has 1 fully saturated rings. The van der Waals surface area contributed by atoms with Crippen molar-refractivity contribution in [3.05, 3.63) is 47.5 Å². The highest BCUT2D eigenvalue weighted by atomic mass is 35.5. The second-order valence-electron chi connectivity index (χ2n) is 6.68. The monoisotopic (exact) mass is 438 g/mol. The van der Waals surface area contributed by atoms with Crippen LogP contribution in [0.15, 0.2) is 47.4 Å². The van der Waals surface area contributed by atoms with Gasteiger partial charge in [-0.15, -0.1) is 0 Å². The molecule has 0 aliphatic carbocycles.